The highest BCUT2D eigenvalue weighted by molar-refractivity contribution is 7.91. The Bertz CT molecular complexity index is 3440. The van der Waals surface area contributed by atoms with E-state index in [1.807, 2.05) is 97.1 Å². The van der Waals surface area contributed by atoms with Crippen molar-refractivity contribution >= 4 is 19.7 Å². The van der Waals surface area contributed by atoms with Gasteiger partial charge in [0.25, 0.3) is 0 Å². The summed E-state index contributed by atoms with van der Waals surface area (Å²) in [5.41, 5.74) is 5.71. The molecular formula is C67H72O8S2. The number of ether oxygens (including phenoxy) is 4. The molecule has 0 N–H and O–H groups in total. The maximum Gasteiger partial charge on any atom is 0.206 e. The lowest BCUT2D eigenvalue weighted by molar-refractivity contribution is 0.107. The van der Waals surface area contributed by atoms with Crippen molar-refractivity contribution in [3.05, 3.63) is 216 Å². The molecule has 0 aliphatic heterocycles. The molecule has 0 aliphatic rings. The van der Waals surface area contributed by atoms with E-state index < -0.39 is 25.1 Å². The zero-order valence-electron chi connectivity index (χ0n) is 46.0. The molecule has 77 heavy (non-hydrogen) atoms. The largest absolute Gasteiger partial charge is 0.491 e. The lowest BCUT2D eigenvalue weighted by Gasteiger charge is -2.37. The van der Waals surface area contributed by atoms with Crippen molar-refractivity contribution in [1.82, 2.24) is 0 Å². The Kier molecular flexibility index (Phi) is 16.9. The van der Waals surface area contributed by atoms with Crippen LogP contribution in [-0.2, 0) is 35.9 Å². The first kappa shape index (κ1) is 56.1. The van der Waals surface area contributed by atoms with E-state index in [0.717, 1.165) is 65.0 Å². The van der Waals surface area contributed by atoms with Gasteiger partial charge in [-0.05, 0) is 193 Å². The van der Waals surface area contributed by atoms with Crippen molar-refractivity contribution in [2.24, 2.45) is 0 Å². The molecule has 0 amide bonds. The van der Waals surface area contributed by atoms with Crippen molar-refractivity contribution in [1.29, 1.82) is 0 Å². The second kappa shape index (κ2) is 23.2. The van der Waals surface area contributed by atoms with Crippen molar-refractivity contribution in [3.8, 4) is 45.6 Å². The van der Waals surface area contributed by atoms with Crippen LogP contribution in [0.5, 0.6) is 34.5 Å². The Morgan fingerprint density at radius 2 is 0.675 bits per heavy atom. The van der Waals surface area contributed by atoms with Crippen molar-refractivity contribution < 1.29 is 35.8 Å². The van der Waals surface area contributed by atoms with Gasteiger partial charge in [-0.15, -0.1) is 0 Å². The van der Waals surface area contributed by atoms with Gasteiger partial charge in [-0.2, -0.15) is 0 Å². The maximum atomic E-state index is 13.9. The topological polar surface area (TPSA) is 105 Å². The van der Waals surface area contributed by atoms with Gasteiger partial charge >= 0.3 is 0 Å². The van der Waals surface area contributed by atoms with E-state index in [4.69, 9.17) is 18.9 Å². The van der Waals surface area contributed by atoms with E-state index in [0.29, 0.717) is 23.0 Å². The van der Waals surface area contributed by atoms with Crippen molar-refractivity contribution in [3.63, 3.8) is 0 Å². The number of sulfone groups is 2. The zero-order valence-corrected chi connectivity index (χ0v) is 47.7. The van der Waals surface area contributed by atoms with Crippen LogP contribution in [0.1, 0.15) is 117 Å². The van der Waals surface area contributed by atoms with Gasteiger partial charge in [0.1, 0.15) is 40.6 Å². The van der Waals surface area contributed by atoms with Crippen molar-refractivity contribution in [2.75, 3.05) is 0 Å². The lowest BCUT2D eigenvalue weighted by atomic mass is 9.74. The van der Waals surface area contributed by atoms with E-state index >= 15 is 0 Å². The van der Waals surface area contributed by atoms with Crippen LogP contribution >= 0.6 is 0 Å². The minimum atomic E-state index is -3.81. The summed E-state index contributed by atoms with van der Waals surface area (Å²) in [6.45, 7) is 21.4. The minimum absolute atomic E-state index is 0.0317. The first-order valence-corrected chi connectivity index (χ1v) is 29.7. The van der Waals surface area contributed by atoms with E-state index in [9.17, 15) is 16.8 Å². The molecule has 0 aromatic heterocycles. The average Bonchev–Trinajstić information content (AvgIpc) is 3.45. The van der Waals surface area contributed by atoms with Crippen molar-refractivity contribution in [2.45, 2.75) is 143 Å². The van der Waals surface area contributed by atoms with Gasteiger partial charge in [0.15, 0.2) is 0 Å². The van der Waals surface area contributed by atoms with E-state index in [1.54, 1.807) is 72.8 Å². The van der Waals surface area contributed by atoms with Crippen LogP contribution in [0.3, 0.4) is 0 Å². The molecule has 0 radical (unpaired) electrons. The fraction of sp³-hybridized carbons (Fsp3) is 0.284. The van der Waals surface area contributed by atoms with E-state index in [2.05, 4.69) is 93.5 Å². The molecule has 8 aromatic carbocycles. The van der Waals surface area contributed by atoms with Crippen LogP contribution in [0, 0.1) is 0 Å². The zero-order chi connectivity index (χ0) is 55.2. The first-order chi connectivity index (χ1) is 36.7. The molecule has 400 valence electrons. The molecule has 8 rings (SSSR count). The molecule has 10 heteroatoms. The number of hydrogen-bond acceptors (Lipinski definition) is 8. The third kappa shape index (κ3) is 12.5. The number of benzene rings is 8. The quantitative estimate of drug-likeness (QED) is 0.0661. The molecule has 0 saturated heterocycles. The molecule has 0 fully saturated rings. The van der Waals surface area contributed by atoms with Crippen LogP contribution in [0.2, 0.25) is 0 Å². The predicted molar refractivity (Wildman–Crippen MR) is 310 cm³/mol. The Balaban J connectivity index is 0.857. The van der Waals surface area contributed by atoms with Gasteiger partial charge in [0.05, 0.1) is 25.7 Å². The molecule has 8 nitrogen and oxygen atoms in total. The monoisotopic (exact) mass is 1070 g/mol. The summed E-state index contributed by atoms with van der Waals surface area (Å²) in [6, 6.07) is 59.5. The first-order valence-electron chi connectivity index (χ1n) is 26.7. The second-order valence-electron chi connectivity index (χ2n) is 21.3. The van der Waals surface area contributed by atoms with Gasteiger partial charge in [-0.1, -0.05) is 135 Å². The standard InChI is InChI=1S/C67H72O8S2/c1-11-47(5)72-54-31-19-51(20-32-54)66(8,9)52-21-33-56(34-22-52)74-58-37-45-63(46-38-58)77(70,71)61-41-25-53(26-42-61)67(10,14-4)64(12-2)75-59-29-17-49(18-30-59)48-15-27-55(28-16-48)73-57-35-43-62(44-36-57)76(68,69)60-39-23-50(24-40-60)65(6,7)13-3/h15-47,64H,11-14H2,1-10H3. The van der Waals surface area contributed by atoms with E-state index in [-0.39, 0.29) is 42.6 Å². The highest BCUT2D eigenvalue weighted by atomic mass is 32.2. The fourth-order valence-electron chi connectivity index (χ4n) is 9.48. The Hall–Kier alpha value is -7.14. The van der Waals surface area contributed by atoms with E-state index in [1.165, 1.54) is 5.56 Å². The molecule has 0 aliphatic carbocycles. The molecule has 0 spiro atoms. The molecule has 3 unspecified atom stereocenters. The second-order valence-corrected chi connectivity index (χ2v) is 25.2. The third-order valence-corrected chi connectivity index (χ3v) is 19.2. The summed E-state index contributed by atoms with van der Waals surface area (Å²) >= 11 is 0. The van der Waals surface area contributed by atoms with Gasteiger partial charge in [-0.3, -0.25) is 0 Å². The number of rotatable bonds is 22. The molecule has 8 aromatic rings. The molecular weight excluding hydrogens is 997 g/mol. The SMILES string of the molecule is CCC(C)Oc1ccc(C(C)(C)c2ccc(Oc3ccc(S(=O)(=O)c4ccc(C(C)(CC)C(CC)Oc5ccc(-c6ccc(Oc7ccc(S(=O)(=O)c8ccc(C(C)(C)CC)cc8)cc7)cc6)cc5)cc4)cc3)cc2)cc1. The summed E-state index contributed by atoms with van der Waals surface area (Å²) in [7, 11) is -7.50. The Morgan fingerprint density at radius 1 is 0.364 bits per heavy atom. The summed E-state index contributed by atoms with van der Waals surface area (Å²) in [5.74, 6) is 3.95. The summed E-state index contributed by atoms with van der Waals surface area (Å²) in [6.07, 6.45) is 3.37. The summed E-state index contributed by atoms with van der Waals surface area (Å²) < 4.78 is 79.6. The molecule has 0 heterocycles. The lowest BCUT2D eigenvalue weighted by Crippen LogP contribution is -2.40. The van der Waals surface area contributed by atoms with Crippen LogP contribution < -0.4 is 18.9 Å². The summed E-state index contributed by atoms with van der Waals surface area (Å²) in [4.78, 5) is 0.863. The van der Waals surface area contributed by atoms with Gasteiger partial charge < -0.3 is 18.9 Å². The Morgan fingerprint density at radius 3 is 1.04 bits per heavy atom. The van der Waals surface area contributed by atoms with Crippen LogP contribution in [0.4, 0.5) is 0 Å². The Labute approximate surface area is 457 Å². The molecule has 0 saturated carbocycles. The highest BCUT2D eigenvalue weighted by Crippen LogP contribution is 2.39. The third-order valence-electron chi connectivity index (χ3n) is 15.6. The minimum Gasteiger partial charge on any atom is -0.491 e. The smallest absolute Gasteiger partial charge is 0.206 e. The maximum absolute atomic E-state index is 13.9. The average molecular weight is 1070 g/mol. The number of hydrogen-bond donors (Lipinski definition) is 0. The molecule has 3 atom stereocenters. The predicted octanol–water partition coefficient (Wildman–Crippen LogP) is 17.3. The van der Waals surface area contributed by atoms with Crippen LogP contribution in [-0.4, -0.2) is 29.0 Å². The van der Waals surface area contributed by atoms with Crippen LogP contribution in [0.15, 0.2) is 214 Å². The van der Waals surface area contributed by atoms with Crippen LogP contribution in [0.25, 0.3) is 11.1 Å². The normalized spacial score (nSPS) is 13.7. The highest BCUT2D eigenvalue weighted by Gasteiger charge is 2.36. The molecule has 0 bridgehead atoms. The summed E-state index contributed by atoms with van der Waals surface area (Å²) in [5, 5.41) is 0. The fourth-order valence-corrected chi connectivity index (χ4v) is 12.0. The van der Waals surface area contributed by atoms with Gasteiger partial charge in [-0.25, -0.2) is 16.8 Å². The van der Waals surface area contributed by atoms with Gasteiger partial charge in [0.2, 0.25) is 19.7 Å². The van der Waals surface area contributed by atoms with Gasteiger partial charge in [0, 0.05) is 10.8 Å².